The van der Waals surface area contributed by atoms with Gasteiger partial charge < -0.3 is 10.2 Å². The third-order valence-corrected chi connectivity index (χ3v) is 7.91. The van der Waals surface area contributed by atoms with Gasteiger partial charge in [0, 0.05) is 17.6 Å². The van der Waals surface area contributed by atoms with Crippen molar-refractivity contribution in [1.29, 1.82) is 0 Å². The van der Waals surface area contributed by atoms with Crippen molar-refractivity contribution >= 4 is 50.7 Å². The molecule has 3 rings (SSSR count). The second-order valence-corrected chi connectivity index (χ2v) is 11.7. The molecule has 1 fully saturated rings. The molecule has 0 radical (unpaired) electrons. The monoisotopic (exact) mass is 557 g/mol. The fourth-order valence-corrected chi connectivity index (χ4v) is 5.47. The van der Waals surface area contributed by atoms with Crippen LogP contribution in [0.4, 0.5) is 10.1 Å². The van der Waals surface area contributed by atoms with Gasteiger partial charge in [0.15, 0.2) is 0 Å². The van der Waals surface area contributed by atoms with Crippen molar-refractivity contribution in [2.45, 2.75) is 57.7 Å². The van der Waals surface area contributed by atoms with Crippen molar-refractivity contribution in [3.8, 4) is 0 Å². The van der Waals surface area contributed by atoms with E-state index in [9.17, 15) is 22.4 Å². The molecule has 2 amide bonds. The molecule has 2 aromatic rings. The molecule has 0 bridgehead atoms. The Hall–Kier alpha value is -2.36. The summed E-state index contributed by atoms with van der Waals surface area (Å²) in [7, 11) is -3.94. The van der Waals surface area contributed by atoms with Gasteiger partial charge in [-0.05, 0) is 55.2 Å². The predicted octanol–water partition coefficient (Wildman–Crippen LogP) is 4.76. The average Bonchev–Trinajstić information content (AvgIpc) is 3.32. The van der Waals surface area contributed by atoms with Gasteiger partial charge in [-0.3, -0.25) is 13.9 Å². The van der Waals surface area contributed by atoms with Gasteiger partial charge in [-0.2, -0.15) is 0 Å². The standard InChI is InChI=1S/C25H30Cl2FN3O4S/c1-3-23(25(33)29-19-6-4-5-7-19)30(15-17-8-10-18(26)11-9-17)24(32)16-31(36(2,34)35)20-12-13-22(28)21(27)14-20/h8-14,19,23H,3-7,15-16H2,1-2H3,(H,29,33). The molecule has 1 aliphatic rings. The Morgan fingerprint density at radius 2 is 1.75 bits per heavy atom. The lowest BCUT2D eigenvalue weighted by Gasteiger charge is -2.33. The van der Waals surface area contributed by atoms with E-state index in [2.05, 4.69) is 5.32 Å². The second kappa shape index (κ2) is 12.3. The topological polar surface area (TPSA) is 86.8 Å². The number of anilines is 1. The van der Waals surface area contributed by atoms with E-state index in [0.717, 1.165) is 53.9 Å². The number of rotatable bonds is 10. The van der Waals surface area contributed by atoms with E-state index >= 15 is 0 Å². The molecule has 0 aliphatic heterocycles. The van der Waals surface area contributed by atoms with E-state index in [0.29, 0.717) is 11.4 Å². The Balaban J connectivity index is 1.92. The van der Waals surface area contributed by atoms with Gasteiger partial charge in [-0.1, -0.05) is 55.1 Å². The molecule has 0 heterocycles. The SMILES string of the molecule is CCC(C(=O)NC1CCCC1)N(Cc1ccc(Cl)cc1)C(=O)CN(c1ccc(F)c(Cl)c1)S(C)(=O)=O. The minimum Gasteiger partial charge on any atom is -0.352 e. The van der Waals surface area contributed by atoms with Crippen molar-refractivity contribution in [1.82, 2.24) is 10.2 Å². The molecule has 36 heavy (non-hydrogen) atoms. The van der Waals surface area contributed by atoms with Crippen LogP contribution < -0.4 is 9.62 Å². The van der Waals surface area contributed by atoms with Crippen molar-refractivity contribution in [2.75, 3.05) is 17.1 Å². The molecular formula is C25H30Cl2FN3O4S. The van der Waals surface area contributed by atoms with Gasteiger partial charge in [0.2, 0.25) is 21.8 Å². The van der Waals surface area contributed by atoms with Gasteiger partial charge in [0.25, 0.3) is 0 Å². The number of nitrogens with zero attached hydrogens (tertiary/aromatic N) is 2. The third kappa shape index (κ3) is 7.33. The van der Waals surface area contributed by atoms with Crippen LogP contribution in [0.3, 0.4) is 0 Å². The maximum atomic E-state index is 13.7. The summed E-state index contributed by atoms with van der Waals surface area (Å²) in [5.41, 5.74) is 0.780. The van der Waals surface area contributed by atoms with Crippen molar-refractivity contribution in [3.05, 3.63) is 63.9 Å². The Morgan fingerprint density at radius 3 is 2.31 bits per heavy atom. The molecule has 1 aliphatic carbocycles. The first-order chi connectivity index (χ1) is 17.0. The van der Waals surface area contributed by atoms with Crippen LogP contribution in [0.1, 0.15) is 44.6 Å². The number of nitrogens with one attached hydrogen (secondary N) is 1. The van der Waals surface area contributed by atoms with E-state index in [1.165, 1.54) is 11.0 Å². The molecule has 1 atom stereocenters. The highest BCUT2D eigenvalue weighted by molar-refractivity contribution is 7.92. The smallest absolute Gasteiger partial charge is 0.244 e. The molecule has 196 valence electrons. The lowest BCUT2D eigenvalue weighted by molar-refractivity contribution is -0.140. The molecule has 1 N–H and O–H groups in total. The predicted molar refractivity (Wildman–Crippen MR) is 140 cm³/mol. The summed E-state index contributed by atoms with van der Waals surface area (Å²) in [6, 6.07) is 9.54. The minimum atomic E-state index is -3.94. The first-order valence-corrected chi connectivity index (χ1v) is 14.4. The van der Waals surface area contributed by atoms with Gasteiger partial charge in [0.05, 0.1) is 17.0 Å². The van der Waals surface area contributed by atoms with E-state index in [1.54, 1.807) is 31.2 Å². The Morgan fingerprint density at radius 1 is 1.11 bits per heavy atom. The number of hydrogen-bond donors (Lipinski definition) is 1. The number of amides is 2. The Kier molecular flexibility index (Phi) is 9.60. The highest BCUT2D eigenvalue weighted by atomic mass is 35.5. The summed E-state index contributed by atoms with van der Waals surface area (Å²) in [6.45, 7) is 1.30. The van der Waals surface area contributed by atoms with Crippen LogP contribution in [0.5, 0.6) is 0 Å². The normalized spacial score (nSPS) is 14.9. The molecule has 7 nitrogen and oxygen atoms in total. The summed E-state index contributed by atoms with van der Waals surface area (Å²) < 4.78 is 39.8. The summed E-state index contributed by atoms with van der Waals surface area (Å²) in [5.74, 6) is -1.56. The number of hydrogen-bond acceptors (Lipinski definition) is 4. The van der Waals surface area contributed by atoms with Crippen LogP contribution in [0, 0.1) is 5.82 Å². The zero-order valence-electron chi connectivity index (χ0n) is 20.2. The van der Waals surface area contributed by atoms with E-state index in [1.807, 2.05) is 0 Å². The number of halogens is 3. The molecule has 0 saturated heterocycles. The largest absolute Gasteiger partial charge is 0.352 e. The number of carbonyl (C=O) groups excluding carboxylic acids is 2. The molecule has 0 spiro atoms. The van der Waals surface area contributed by atoms with Gasteiger partial charge in [0.1, 0.15) is 18.4 Å². The lowest BCUT2D eigenvalue weighted by Crippen LogP contribution is -2.53. The van der Waals surface area contributed by atoms with Gasteiger partial charge in [-0.25, -0.2) is 12.8 Å². The van der Waals surface area contributed by atoms with Crippen LogP contribution in [-0.4, -0.2) is 50.0 Å². The quantitative estimate of drug-likeness (QED) is 0.456. The maximum absolute atomic E-state index is 13.7. The molecule has 2 aromatic carbocycles. The van der Waals surface area contributed by atoms with Crippen LogP contribution in [0.25, 0.3) is 0 Å². The zero-order chi connectivity index (χ0) is 26.5. The number of sulfonamides is 1. The highest BCUT2D eigenvalue weighted by Gasteiger charge is 2.33. The third-order valence-electron chi connectivity index (χ3n) is 6.22. The summed E-state index contributed by atoms with van der Waals surface area (Å²) in [6.07, 6.45) is 5.14. The number of benzene rings is 2. The van der Waals surface area contributed by atoms with Crippen LogP contribution in [0.15, 0.2) is 42.5 Å². The average molecular weight is 559 g/mol. The fourth-order valence-electron chi connectivity index (χ4n) is 4.33. The maximum Gasteiger partial charge on any atom is 0.244 e. The minimum absolute atomic E-state index is 0.0483. The summed E-state index contributed by atoms with van der Waals surface area (Å²) in [5, 5.41) is 3.30. The number of carbonyl (C=O) groups is 2. The van der Waals surface area contributed by atoms with Crippen LogP contribution >= 0.6 is 23.2 Å². The summed E-state index contributed by atoms with van der Waals surface area (Å²) >= 11 is 11.9. The van der Waals surface area contributed by atoms with E-state index in [-0.39, 0.29) is 29.2 Å². The van der Waals surface area contributed by atoms with Crippen molar-refractivity contribution in [3.63, 3.8) is 0 Å². The molecular weight excluding hydrogens is 528 g/mol. The van der Waals surface area contributed by atoms with E-state index < -0.39 is 34.3 Å². The highest BCUT2D eigenvalue weighted by Crippen LogP contribution is 2.25. The zero-order valence-corrected chi connectivity index (χ0v) is 22.5. The molecule has 1 saturated carbocycles. The van der Waals surface area contributed by atoms with E-state index in [4.69, 9.17) is 23.2 Å². The summed E-state index contributed by atoms with van der Waals surface area (Å²) in [4.78, 5) is 28.3. The first-order valence-electron chi connectivity index (χ1n) is 11.8. The molecule has 0 aromatic heterocycles. The Labute approximate surface area is 221 Å². The van der Waals surface area contributed by atoms with Gasteiger partial charge >= 0.3 is 0 Å². The Bertz CT molecular complexity index is 1190. The molecule has 11 heteroatoms. The lowest BCUT2D eigenvalue weighted by atomic mass is 10.1. The second-order valence-electron chi connectivity index (χ2n) is 8.93. The van der Waals surface area contributed by atoms with Crippen LogP contribution in [-0.2, 0) is 26.2 Å². The fraction of sp³-hybridized carbons (Fsp3) is 0.440. The van der Waals surface area contributed by atoms with Crippen molar-refractivity contribution < 1.29 is 22.4 Å². The first kappa shape index (κ1) is 28.2. The van der Waals surface area contributed by atoms with Crippen molar-refractivity contribution in [2.24, 2.45) is 0 Å². The van der Waals surface area contributed by atoms with Crippen LogP contribution in [0.2, 0.25) is 10.0 Å². The molecule has 1 unspecified atom stereocenters. The van der Waals surface area contributed by atoms with Gasteiger partial charge in [-0.15, -0.1) is 0 Å².